The molecule has 0 unspecified atom stereocenters. The van der Waals surface area contributed by atoms with E-state index < -0.39 is 7.82 Å². The summed E-state index contributed by atoms with van der Waals surface area (Å²) in [6, 6.07) is 22.0. The summed E-state index contributed by atoms with van der Waals surface area (Å²) in [7, 11) is -3.97. The van der Waals surface area contributed by atoms with Crippen molar-refractivity contribution >= 4 is 7.82 Å². The number of hydrogen-bond donors (Lipinski definition) is 0. The van der Waals surface area contributed by atoms with Crippen molar-refractivity contribution in [2.24, 2.45) is 0 Å². The Hall–Kier alpha value is -2.11. The van der Waals surface area contributed by atoms with Gasteiger partial charge in [0.1, 0.15) is 17.2 Å². The fraction of sp³-hybridized carbons (Fsp3) is 0.143. The summed E-state index contributed by atoms with van der Waals surface area (Å²) in [4.78, 5) is 0. The fourth-order valence-corrected chi connectivity index (χ4v) is 3.84. The van der Waals surface area contributed by atoms with Crippen LogP contribution in [0.2, 0.25) is 0 Å². The summed E-state index contributed by atoms with van der Waals surface area (Å²) in [5, 5.41) is 0. The summed E-state index contributed by atoms with van der Waals surface area (Å²) in [5.41, 5.74) is 2.53. The normalized spacial score (nSPS) is 10.6. The van der Waals surface area contributed by atoms with E-state index in [0.29, 0.717) is 17.2 Å². The number of hydrogen-bond acceptors (Lipinski definition) is 4. The second-order valence-corrected chi connectivity index (χ2v) is 7.46. The Balaban J connectivity index is 0.00000196. The molecule has 136 valence electrons. The molecule has 0 radical (unpaired) electrons. The first-order valence-corrected chi connectivity index (χ1v) is 9.79. The monoisotopic (exact) mass is 376 g/mol. The van der Waals surface area contributed by atoms with Crippen LogP contribution >= 0.6 is 7.82 Å². The molecule has 6 heteroatoms. The molecule has 0 amide bonds. The smallest absolute Gasteiger partial charge is 1.00 e. The first-order chi connectivity index (χ1) is 12.5. The van der Waals surface area contributed by atoms with Gasteiger partial charge in [0.25, 0.3) is 0 Å². The van der Waals surface area contributed by atoms with Crippen LogP contribution in [0.15, 0.2) is 72.8 Å². The van der Waals surface area contributed by atoms with Crippen molar-refractivity contribution in [1.29, 1.82) is 0 Å². The molecule has 0 aromatic heterocycles. The summed E-state index contributed by atoms with van der Waals surface area (Å²) in [6.07, 6.45) is 0. The maximum Gasteiger partial charge on any atom is 1.00 e. The molecule has 0 fully saturated rings. The van der Waals surface area contributed by atoms with Crippen LogP contribution in [-0.2, 0) is 4.57 Å². The molecule has 3 aromatic rings. The average Bonchev–Trinajstić information content (AvgIpc) is 2.61. The van der Waals surface area contributed by atoms with Gasteiger partial charge in [0.2, 0.25) is 0 Å². The van der Waals surface area contributed by atoms with Crippen molar-refractivity contribution in [3.63, 3.8) is 0 Å². The molecule has 0 aliphatic rings. The van der Waals surface area contributed by atoms with Gasteiger partial charge in [0, 0.05) is 0 Å². The Kier molecular flexibility index (Phi) is 7.22. The van der Waals surface area contributed by atoms with Crippen molar-refractivity contribution < 1.29 is 38.4 Å². The molecule has 0 N–H and O–H groups in total. The van der Waals surface area contributed by atoms with E-state index >= 15 is 0 Å². The molecular weight excluding hydrogens is 354 g/mol. The Labute approximate surface area is 173 Å². The molecule has 0 aliphatic carbocycles. The molecule has 4 nitrogen and oxygen atoms in total. The van der Waals surface area contributed by atoms with Crippen LogP contribution < -0.4 is 32.4 Å². The predicted octanol–water partition coefficient (Wildman–Crippen LogP) is 3.37. The Morgan fingerprint density at radius 3 is 1.11 bits per heavy atom. The zero-order chi connectivity index (χ0) is 18.6. The zero-order valence-corrected chi connectivity index (χ0v) is 16.9. The van der Waals surface area contributed by atoms with Gasteiger partial charge in [-0.2, -0.15) is 4.57 Å². The minimum absolute atomic E-state index is 0. The second-order valence-electron chi connectivity index (χ2n) is 6.02. The molecular formula is C21H22LiO4P. The largest absolute Gasteiger partial charge is 1.00 e. The predicted molar refractivity (Wildman–Crippen MR) is 104 cm³/mol. The van der Waals surface area contributed by atoms with Gasteiger partial charge in [0.05, 0.1) is 0 Å². The maximum absolute atomic E-state index is 13.5. The van der Waals surface area contributed by atoms with E-state index in [9.17, 15) is 4.57 Å². The quantitative estimate of drug-likeness (QED) is 0.489. The van der Waals surface area contributed by atoms with Crippen LogP contribution in [0.1, 0.15) is 18.1 Å². The minimum Gasteiger partial charge on any atom is -1.00 e. The van der Waals surface area contributed by atoms with E-state index in [4.69, 9.17) is 13.6 Å². The summed E-state index contributed by atoms with van der Waals surface area (Å²) >= 11 is 0. The molecule has 0 saturated carbocycles. The van der Waals surface area contributed by atoms with Crippen molar-refractivity contribution in [2.75, 3.05) is 0 Å². The number of phosphoric acid groups is 1. The molecule has 0 bridgehead atoms. The standard InChI is InChI=1S/C21H21O4P.Li.H/c1-16-10-4-7-13-19(16)23-26(22,24-20-14-8-5-11-17(20)2)25-21-15-9-6-12-18(21)3;;/h4-15H,1-3H3;;/q;+1;-1. The molecule has 0 spiro atoms. The van der Waals surface area contributed by atoms with E-state index in [2.05, 4.69) is 0 Å². The van der Waals surface area contributed by atoms with Crippen LogP contribution in [0, 0.1) is 20.8 Å². The number of aryl methyl sites for hydroxylation is 3. The Morgan fingerprint density at radius 2 is 0.852 bits per heavy atom. The summed E-state index contributed by atoms with van der Waals surface area (Å²) < 4.78 is 30.8. The number of phosphoric ester groups is 1. The molecule has 0 atom stereocenters. The molecule has 0 saturated heterocycles. The van der Waals surface area contributed by atoms with Crippen molar-refractivity contribution in [3.05, 3.63) is 89.5 Å². The van der Waals surface area contributed by atoms with Crippen LogP contribution in [-0.4, -0.2) is 0 Å². The summed E-state index contributed by atoms with van der Waals surface area (Å²) in [6.45, 7) is 5.63. The topological polar surface area (TPSA) is 44.8 Å². The first-order valence-electron chi connectivity index (χ1n) is 8.32. The van der Waals surface area contributed by atoms with E-state index in [1.165, 1.54) is 0 Å². The van der Waals surface area contributed by atoms with E-state index in [1.54, 1.807) is 18.2 Å². The van der Waals surface area contributed by atoms with Crippen LogP contribution in [0.3, 0.4) is 0 Å². The molecule has 0 heterocycles. The SMILES string of the molecule is Cc1ccccc1OP(=O)(Oc1ccccc1C)Oc1ccccc1C.[H-].[Li+]. The third-order valence-electron chi connectivity index (χ3n) is 3.91. The van der Waals surface area contributed by atoms with Crippen LogP contribution in [0.4, 0.5) is 0 Å². The fourth-order valence-electron chi connectivity index (χ4n) is 2.39. The van der Waals surface area contributed by atoms with Crippen molar-refractivity contribution in [3.8, 4) is 17.2 Å². The third kappa shape index (κ3) is 5.43. The summed E-state index contributed by atoms with van der Waals surface area (Å²) in [5.74, 6) is 1.37. The molecule has 3 aromatic carbocycles. The number of benzene rings is 3. The van der Waals surface area contributed by atoms with Gasteiger partial charge in [-0.15, -0.1) is 0 Å². The number of rotatable bonds is 6. The van der Waals surface area contributed by atoms with Crippen LogP contribution in [0.25, 0.3) is 0 Å². The zero-order valence-electron chi connectivity index (χ0n) is 17.0. The van der Waals surface area contributed by atoms with Gasteiger partial charge in [-0.1, -0.05) is 54.6 Å². The Morgan fingerprint density at radius 1 is 0.593 bits per heavy atom. The van der Waals surface area contributed by atoms with Gasteiger partial charge >= 0.3 is 26.7 Å². The van der Waals surface area contributed by atoms with E-state index in [0.717, 1.165) is 16.7 Å². The minimum atomic E-state index is -3.97. The Bertz CT molecular complexity index is 842. The molecule has 3 rings (SSSR count). The maximum atomic E-state index is 13.5. The van der Waals surface area contributed by atoms with Gasteiger partial charge in [-0.25, -0.2) is 0 Å². The third-order valence-corrected chi connectivity index (χ3v) is 5.17. The number of para-hydroxylation sites is 3. The van der Waals surface area contributed by atoms with Gasteiger partial charge in [-0.3, -0.25) is 0 Å². The first kappa shape index (κ1) is 21.2. The van der Waals surface area contributed by atoms with Gasteiger partial charge < -0.3 is 15.0 Å². The molecule has 0 aliphatic heterocycles. The second kappa shape index (κ2) is 9.20. The van der Waals surface area contributed by atoms with Gasteiger partial charge in [0.15, 0.2) is 0 Å². The van der Waals surface area contributed by atoms with E-state index in [1.807, 2.05) is 75.4 Å². The van der Waals surface area contributed by atoms with Crippen molar-refractivity contribution in [2.45, 2.75) is 20.8 Å². The van der Waals surface area contributed by atoms with Crippen LogP contribution in [0.5, 0.6) is 17.2 Å². The molecule has 27 heavy (non-hydrogen) atoms. The van der Waals surface area contributed by atoms with E-state index in [-0.39, 0.29) is 20.3 Å². The van der Waals surface area contributed by atoms with Crippen molar-refractivity contribution in [1.82, 2.24) is 0 Å². The average molecular weight is 376 g/mol. The van der Waals surface area contributed by atoms with Gasteiger partial charge in [-0.05, 0) is 55.7 Å².